The second-order valence-corrected chi connectivity index (χ2v) is 11.7. The number of para-hydroxylation sites is 1. The van der Waals surface area contributed by atoms with E-state index in [1.807, 2.05) is 12.1 Å². The van der Waals surface area contributed by atoms with Gasteiger partial charge in [-0.3, -0.25) is 0 Å². The Kier molecular flexibility index (Phi) is 6.39. The van der Waals surface area contributed by atoms with E-state index in [0.29, 0.717) is 23.7 Å². The van der Waals surface area contributed by atoms with Crippen molar-refractivity contribution in [1.29, 1.82) is 0 Å². The molecule has 1 unspecified atom stereocenters. The summed E-state index contributed by atoms with van der Waals surface area (Å²) in [6, 6.07) is 39.8. The minimum absolute atomic E-state index is 0.306. The van der Waals surface area contributed by atoms with Crippen molar-refractivity contribution in [3.05, 3.63) is 143 Å². The smallest absolute Gasteiger partial charge is 0.212 e. The highest BCUT2D eigenvalue weighted by Gasteiger charge is 2.59. The molecule has 0 bridgehead atoms. The summed E-state index contributed by atoms with van der Waals surface area (Å²) < 4.78 is 12.7. The lowest BCUT2D eigenvalue weighted by atomic mass is 9.76. The second kappa shape index (κ2) is 10.3. The number of nitrogens with zero attached hydrogens (tertiary/aromatic N) is 2. The van der Waals surface area contributed by atoms with E-state index in [1.165, 1.54) is 33.4 Å². The van der Waals surface area contributed by atoms with Gasteiger partial charge in [-0.1, -0.05) is 97.1 Å². The average Bonchev–Trinajstić information content (AvgIpc) is 3.23. The molecule has 2 heterocycles. The summed E-state index contributed by atoms with van der Waals surface area (Å²) in [5.74, 6) is 1.10. The van der Waals surface area contributed by atoms with Crippen molar-refractivity contribution in [2.45, 2.75) is 31.5 Å². The molecule has 0 aliphatic carbocycles. The summed E-state index contributed by atoms with van der Waals surface area (Å²) in [6.45, 7) is 5.08. The summed E-state index contributed by atoms with van der Waals surface area (Å²) in [6.07, 6.45) is 4.14. The summed E-state index contributed by atoms with van der Waals surface area (Å²) >= 11 is 0. The molecule has 2 aliphatic heterocycles. The zero-order valence-corrected chi connectivity index (χ0v) is 24.5. The van der Waals surface area contributed by atoms with Gasteiger partial charge in [0.25, 0.3) is 0 Å². The summed E-state index contributed by atoms with van der Waals surface area (Å²) in [4.78, 5) is 13.7. The largest absolute Gasteiger partial charge is 0.493 e. The first-order chi connectivity index (χ1) is 20.9. The van der Waals surface area contributed by atoms with E-state index in [1.54, 1.807) is 19.2 Å². The molecule has 0 amide bonds. The Labute approximate surface area is 252 Å². The van der Waals surface area contributed by atoms with Crippen molar-refractivity contribution in [3.63, 3.8) is 0 Å². The summed E-state index contributed by atoms with van der Waals surface area (Å²) in [5, 5.41) is 3.13. The average molecular weight is 565 g/mol. The minimum atomic E-state index is -0.820. The van der Waals surface area contributed by atoms with Crippen molar-refractivity contribution >= 4 is 17.5 Å². The molecule has 7 rings (SSSR count). The molecule has 1 spiro atoms. The number of anilines is 1. The van der Waals surface area contributed by atoms with Crippen LogP contribution in [0.1, 0.15) is 30.5 Å². The zero-order chi connectivity index (χ0) is 29.6. The first-order valence-corrected chi connectivity index (χ1v) is 14.5. The maximum absolute atomic E-state index is 11.3. The van der Waals surface area contributed by atoms with Crippen LogP contribution < -0.4 is 14.4 Å². The topological polar surface area (TPSA) is 51.1 Å². The van der Waals surface area contributed by atoms with Crippen LogP contribution in [0.2, 0.25) is 0 Å². The third-order valence-electron chi connectivity index (χ3n) is 8.92. The predicted octanol–water partition coefficient (Wildman–Crippen LogP) is 9.53. The zero-order valence-electron chi connectivity index (χ0n) is 24.5. The van der Waals surface area contributed by atoms with Crippen LogP contribution in [0.4, 0.5) is 11.4 Å². The Morgan fingerprint density at radius 1 is 0.767 bits per heavy atom. The van der Waals surface area contributed by atoms with Crippen LogP contribution in [0.15, 0.2) is 127 Å². The maximum atomic E-state index is 11.3. The Morgan fingerprint density at radius 2 is 1.37 bits per heavy atom. The Morgan fingerprint density at radius 3 is 2.02 bits per heavy atom. The standard InChI is InChI=1S/C38H32N2O3/c1-37(2)33-11-7-8-12-34(33)40(38(37)22-21-31-23-32(39-41)24-35(42-3)36(31)43-38)25-26-13-15-28(16-14-26)30-19-17-29(18-20-30)27-9-5-4-6-10-27/h4-24H,25H2,1-3H3. The van der Waals surface area contributed by atoms with Gasteiger partial charge < -0.3 is 14.4 Å². The lowest BCUT2D eigenvalue weighted by Gasteiger charge is -2.47. The van der Waals surface area contributed by atoms with E-state index in [4.69, 9.17) is 9.47 Å². The molecule has 43 heavy (non-hydrogen) atoms. The number of hydrogen-bond donors (Lipinski definition) is 0. The van der Waals surface area contributed by atoms with Crippen LogP contribution in [-0.2, 0) is 12.0 Å². The molecule has 0 aromatic heterocycles. The fourth-order valence-electron chi connectivity index (χ4n) is 6.54. The van der Waals surface area contributed by atoms with Gasteiger partial charge in [-0.25, -0.2) is 0 Å². The molecule has 0 fully saturated rings. The summed E-state index contributed by atoms with van der Waals surface area (Å²) in [7, 11) is 1.58. The fraction of sp³-hybridized carbons (Fsp3) is 0.158. The highest BCUT2D eigenvalue weighted by molar-refractivity contribution is 5.76. The summed E-state index contributed by atoms with van der Waals surface area (Å²) in [5.41, 5.74) is 8.15. The molecule has 5 heteroatoms. The number of fused-ring (bicyclic) bond motifs is 2. The molecule has 2 aliphatic rings. The van der Waals surface area contributed by atoms with E-state index in [2.05, 4.69) is 127 Å². The number of nitroso groups, excluding NO2 is 1. The van der Waals surface area contributed by atoms with Crippen LogP contribution >= 0.6 is 0 Å². The normalized spacial score (nSPS) is 17.7. The first kappa shape index (κ1) is 26.7. The highest BCUT2D eigenvalue weighted by atomic mass is 16.5. The second-order valence-electron chi connectivity index (χ2n) is 11.7. The van der Waals surface area contributed by atoms with Gasteiger partial charge in [0.2, 0.25) is 5.72 Å². The van der Waals surface area contributed by atoms with E-state index in [0.717, 1.165) is 11.3 Å². The van der Waals surface area contributed by atoms with Crippen molar-refractivity contribution in [3.8, 4) is 33.8 Å². The van der Waals surface area contributed by atoms with E-state index >= 15 is 0 Å². The molecule has 0 saturated carbocycles. The highest BCUT2D eigenvalue weighted by Crippen LogP contribution is 2.56. The van der Waals surface area contributed by atoms with Crippen molar-refractivity contribution in [2.75, 3.05) is 12.0 Å². The van der Waals surface area contributed by atoms with Gasteiger partial charge >= 0.3 is 0 Å². The molecule has 5 aromatic rings. The minimum Gasteiger partial charge on any atom is -0.493 e. The Hall–Kier alpha value is -5.16. The van der Waals surface area contributed by atoms with Gasteiger partial charge in [0.15, 0.2) is 11.5 Å². The molecule has 0 radical (unpaired) electrons. The van der Waals surface area contributed by atoms with E-state index in [9.17, 15) is 4.91 Å². The SMILES string of the molecule is COc1cc(N=O)cc2c1OC1(C=C2)N(Cc2ccc(-c3ccc(-c4ccccc4)cc3)cc2)c2ccccc2C1(C)C. The van der Waals surface area contributed by atoms with Gasteiger partial charge in [-0.2, -0.15) is 0 Å². The van der Waals surface area contributed by atoms with Gasteiger partial charge in [-0.15, -0.1) is 4.91 Å². The molecule has 0 N–H and O–H groups in total. The monoisotopic (exact) mass is 564 g/mol. The van der Waals surface area contributed by atoms with Crippen LogP contribution in [0.25, 0.3) is 28.3 Å². The lowest BCUT2D eigenvalue weighted by molar-refractivity contribution is 0.0493. The Balaban J connectivity index is 1.23. The third kappa shape index (κ3) is 4.31. The van der Waals surface area contributed by atoms with Gasteiger partial charge in [0, 0.05) is 23.9 Å². The molecular formula is C38H32N2O3. The number of ether oxygens (including phenoxy) is 2. The van der Waals surface area contributed by atoms with E-state index < -0.39 is 11.1 Å². The quantitative estimate of drug-likeness (QED) is 0.193. The van der Waals surface area contributed by atoms with Gasteiger partial charge in [0.1, 0.15) is 5.69 Å². The number of rotatable bonds is 6. The number of benzene rings is 5. The third-order valence-corrected chi connectivity index (χ3v) is 8.92. The number of methoxy groups -OCH3 is 1. The van der Waals surface area contributed by atoms with Crippen LogP contribution in [0.3, 0.4) is 0 Å². The van der Waals surface area contributed by atoms with Crippen LogP contribution in [-0.4, -0.2) is 12.8 Å². The van der Waals surface area contributed by atoms with Crippen molar-refractivity contribution < 1.29 is 9.47 Å². The van der Waals surface area contributed by atoms with E-state index in [-0.39, 0.29) is 0 Å². The van der Waals surface area contributed by atoms with Gasteiger partial charge in [-0.05, 0) is 76.7 Å². The Bertz CT molecular complexity index is 1840. The van der Waals surface area contributed by atoms with Gasteiger partial charge in [0.05, 0.1) is 12.5 Å². The van der Waals surface area contributed by atoms with Crippen molar-refractivity contribution in [1.82, 2.24) is 0 Å². The first-order valence-electron chi connectivity index (χ1n) is 14.5. The fourth-order valence-corrected chi connectivity index (χ4v) is 6.54. The molecule has 5 nitrogen and oxygen atoms in total. The van der Waals surface area contributed by atoms with Crippen LogP contribution in [0, 0.1) is 4.91 Å². The molecular weight excluding hydrogens is 532 g/mol. The predicted molar refractivity (Wildman–Crippen MR) is 174 cm³/mol. The molecule has 0 saturated heterocycles. The number of hydrogen-bond acceptors (Lipinski definition) is 5. The van der Waals surface area contributed by atoms with Crippen LogP contribution in [0.5, 0.6) is 11.5 Å². The molecule has 1 atom stereocenters. The van der Waals surface area contributed by atoms with Crippen molar-refractivity contribution in [2.24, 2.45) is 5.18 Å². The molecule has 212 valence electrons. The maximum Gasteiger partial charge on any atom is 0.212 e. The lowest BCUT2D eigenvalue weighted by Crippen LogP contribution is -2.59. The molecule has 5 aromatic carbocycles.